The molecule has 0 heterocycles. The normalized spacial score (nSPS) is 15.9. The third-order valence-electron chi connectivity index (χ3n) is 7.46. The van der Waals surface area contributed by atoms with Crippen molar-refractivity contribution < 1.29 is 9.18 Å². The van der Waals surface area contributed by atoms with Gasteiger partial charge in [0.25, 0.3) is 5.91 Å². The Morgan fingerprint density at radius 1 is 1.17 bits per heavy atom. The lowest BCUT2D eigenvalue weighted by Gasteiger charge is -2.24. The van der Waals surface area contributed by atoms with Gasteiger partial charge < -0.3 is 4.90 Å². The van der Waals surface area contributed by atoms with Crippen LogP contribution in [0.3, 0.4) is 0 Å². The topological polar surface area (TPSA) is 32.3 Å². The smallest absolute Gasteiger partial charge is 0.258 e. The number of benzene rings is 2. The summed E-state index contributed by atoms with van der Waals surface area (Å²) in [5, 5.41) is 0. The van der Waals surface area contributed by atoms with Crippen molar-refractivity contribution in [1.82, 2.24) is 9.62 Å². The Labute approximate surface area is 221 Å². The van der Waals surface area contributed by atoms with Crippen molar-refractivity contribution in [1.29, 1.82) is 0 Å². The van der Waals surface area contributed by atoms with E-state index in [0.717, 1.165) is 85.4 Å². The standard InChI is InChI=1S/C31H41FN2OS/c1-23-9-4-5-12-29(23)31(35)34(22-26-10-8-11-26)19-6-3-7-20-36-33-24(2)27-17-18-30(32)28(21-27)16-15-25-13-14-25/h4-5,9,12,17-18,21-22,24-25,33H,3,6-8,10-11,13-16,19-20H2,1-2H3. The number of nitrogens with one attached hydrogen (secondary N) is 1. The zero-order valence-electron chi connectivity index (χ0n) is 21.9. The Morgan fingerprint density at radius 3 is 2.69 bits per heavy atom. The van der Waals surface area contributed by atoms with Crippen LogP contribution in [0.15, 0.2) is 54.2 Å². The maximum atomic E-state index is 14.2. The molecule has 5 heteroatoms. The summed E-state index contributed by atoms with van der Waals surface area (Å²) in [6.45, 7) is 4.92. The van der Waals surface area contributed by atoms with Gasteiger partial charge in [-0.2, -0.15) is 0 Å². The molecule has 0 bridgehead atoms. The lowest BCUT2D eigenvalue weighted by atomic mass is 9.93. The number of amides is 1. The average molecular weight is 509 g/mol. The highest BCUT2D eigenvalue weighted by atomic mass is 32.2. The lowest BCUT2D eigenvalue weighted by Crippen LogP contribution is -2.28. The van der Waals surface area contributed by atoms with Gasteiger partial charge in [-0.25, -0.2) is 4.39 Å². The Balaban J connectivity index is 1.17. The van der Waals surface area contributed by atoms with Crippen molar-refractivity contribution in [2.24, 2.45) is 5.92 Å². The minimum Gasteiger partial charge on any atom is -0.315 e. The molecular formula is C31H41FN2OS. The fraction of sp³-hybridized carbons (Fsp3) is 0.516. The highest BCUT2D eigenvalue weighted by Crippen LogP contribution is 2.34. The Kier molecular flexibility index (Phi) is 10.1. The highest BCUT2D eigenvalue weighted by Gasteiger charge is 2.21. The molecule has 2 aromatic carbocycles. The lowest BCUT2D eigenvalue weighted by molar-refractivity contribution is 0.0817. The summed E-state index contributed by atoms with van der Waals surface area (Å²) in [5.41, 5.74) is 5.25. The molecule has 2 fully saturated rings. The van der Waals surface area contributed by atoms with Crippen LogP contribution < -0.4 is 4.72 Å². The predicted octanol–water partition coefficient (Wildman–Crippen LogP) is 8.16. The average Bonchev–Trinajstić information content (AvgIpc) is 3.68. The third kappa shape index (κ3) is 7.94. The van der Waals surface area contributed by atoms with E-state index < -0.39 is 0 Å². The van der Waals surface area contributed by atoms with Crippen LogP contribution in [-0.4, -0.2) is 23.1 Å². The fourth-order valence-corrected chi connectivity index (χ4v) is 5.48. The van der Waals surface area contributed by atoms with Crippen LogP contribution in [0.25, 0.3) is 0 Å². The SMILES string of the molecule is Cc1ccccc1C(=O)N(C=C1CCC1)CCCCCSNC(C)c1ccc(F)c(CCC2CC2)c1. The minimum atomic E-state index is -0.0674. The van der Waals surface area contributed by atoms with E-state index in [1.807, 2.05) is 48.2 Å². The summed E-state index contributed by atoms with van der Waals surface area (Å²) >= 11 is 1.75. The molecule has 0 saturated heterocycles. The largest absolute Gasteiger partial charge is 0.315 e. The summed E-state index contributed by atoms with van der Waals surface area (Å²) in [5.74, 6) is 1.89. The van der Waals surface area contributed by atoms with Gasteiger partial charge in [0.05, 0.1) is 0 Å². The number of nitrogens with zero attached hydrogens (tertiary/aromatic N) is 1. The molecule has 2 aliphatic carbocycles. The van der Waals surface area contributed by atoms with Crippen molar-refractivity contribution >= 4 is 17.9 Å². The first-order valence-corrected chi connectivity index (χ1v) is 14.7. The molecular weight excluding hydrogens is 467 g/mol. The molecule has 4 rings (SSSR count). The predicted molar refractivity (Wildman–Crippen MR) is 149 cm³/mol. The van der Waals surface area contributed by atoms with E-state index in [1.165, 1.54) is 24.8 Å². The second-order valence-electron chi connectivity index (χ2n) is 10.5. The summed E-state index contributed by atoms with van der Waals surface area (Å²) in [7, 11) is 0. The second-order valence-corrected chi connectivity index (χ2v) is 11.5. The van der Waals surface area contributed by atoms with Gasteiger partial charge in [0.2, 0.25) is 0 Å². The van der Waals surface area contributed by atoms with Crippen molar-refractivity contribution in [3.63, 3.8) is 0 Å². The molecule has 2 aliphatic rings. The van der Waals surface area contributed by atoms with Crippen molar-refractivity contribution in [3.05, 3.63) is 82.3 Å². The number of hydrogen-bond donors (Lipinski definition) is 1. The second kappa shape index (κ2) is 13.4. The molecule has 0 spiro atoms. The molecule has 1 N–H and O–H groups in total. The first kappa shape index (κ1) is 26.9. The van der Waals surface area contributed by atoms with E-state index in [2.05, 4.69) is 17.8 Å². The Bertz CT molecular complexity index is 1040. The van der Waals surface area contributed by atoms with Crippen molar-refractivity contribution in [3.8, 4) is 0 Å². The van der Waals surface area contributed by atoms with Gasteiger partial charge in [0.1, 0.15) is 5.82 Å². The van der Waals surface area contributed by atoms with Crippen LogP contribution in [0.4, 0.5) is 4.39 Å². The van der Waals surface area contributed by atoms with E-state index in [9.17, 15) is 9.18 Å². The van der Waals surface area contributed by atoms with Crippen LogP contribution in [0.5, 0.6) is 0 Å². The first-order valence-electron chi connectivity index (χ1n) is 13.7. The minimum absolute atomic E-state index is 0.0674. The van der Waals surface area contributed by atoms with Crippen LogP contribution >= 0.6 is 11.9 Å². The molecule has 194 valence electrons. The van der Waals surface area contributed by atoms with E-state index >= 15 is 0 Å². The Morgan fingerprint density at radius 2 is 1.97 bits per heavy atom. The molecule has 2 saturated carbocycles. The van der Waals surface area contributed by atoms with Crippen molar-refractivity contribution in [2.75, 3.05) is 12.3 Å². The van der Waals surface area contributed by atoms with Gasteiger partial charge >= 0.3 is 0 Å². The molecule has 1 unspecified atom stereocenters. The van der Waals surface area contributed by atoms with Gasteiger partial charge in [-0.3, -0.25) is 9.52 Å². The maximum absolute atomic E-state index is 14.2. The molecule has 1 amide bonds. The van der Waals surface area contributed by atoms with Crippen LogP contribution in [0.1, 0.15) is 97.8 Å². The number of allylic oxidation sites excluding steroid dienone is 1. The number of rotatable bonds is 14. The van der Waals surface area contributed by atoms with Crippen LogP contribution in [0.2, 0.25) is 0 Å². The quantitative estimate of drug-likeness (QED) is 0.206. The molecule has 0 aliphatic heterocycles. The molecule has 1 atom stereocenters. The molecule has 3 nitrogen and oxygen atoms in total. The van der Waals surface area contributed by atoms with E-state index in [0.29, 0.717) is 0 Å². The van der Waals surface area contributed by atoms with Crippen LogP contribution in [0, 0.1) is 18.7 Å². The number of carbonyl (C=O) groups is 1. The third-order valence-corrected chi connectivity index (χ3v) is 8.48. The van der Waals surface area contributed by atoms with Gasteiger partial charge in [-0.15, -0.1) is 0 Å². The summed E-state index contributed by atoms with van der Waals surface area (Å²) in [4.78, 5) is 15.1. The van der Waals surface area contributed by atoms with Gasteiger partial charge in [0.15, 0.2) is 0 Å². The number of carbonyl (C=O) groups excluding carboxylic acids is 1. The summed E-state index contributed by atoms with van der Waals surface area (Å²) in [6.07, 6.45) is 13.4. The van der Waals surface area contributed by atoms with E-state index in [1.54, 1.807) is 18.0 Å². The van der Waals surface area contributed by atoms with Crippen LogP contribution in [-0.2, 0) is 6.42 Å². The monoisotopic (exact) mass is 508 g/mol. The van der Waals surface area contributed by atoms with Gasteiger partial charge in [-0.1, -0.05) is 67.1 Å². The molecule has 36 heavy (non-hydrogen) atoms. The van der Waals surface area contributed by atoms with Crippen molar-refractivity contribution in [2.45, 2.75) is 84.1 Å². The molecule has 2 aromatic rings. The van der Waals surface area contributed by atoms with E-state index in [4.69, 9.17) is 0 Å². The molecule has 0 aromatic heterocycles. The molecule has 0 radical (unpaired) electrons. The maximum Gasteiger partial charge on any atom is 0.258 e. The van der Waals surface area contributed by atoms with Gasteiger partial charge in [-0.05, 0) is 93.5 Å². The fourth-order valence-electron chi connectivity index (χ4n) is 4.63. The zero-order valence-corrected chi connectivity index (χ0v) is 22.7. The zero-order chi connectivity index (χ0) is 25.3. The van der Waals surface area contributed by atoms with Gasteiger partial charge in [0, 0.05) is 30.1 Å². The first-order chi connectivity index (χ1) is 17.5. The highest BCUT2D eigenvalue weighted by molar-refractivity contribution is 7.97. The number of hydrogen-bond acceptors (Lipinski definition) is 3. The number of halogens is 1. The Hall–Kier alpha value is -2.11. The summed E-state index contributed by atoms with van der Waals surface area (Å²) in [6, 6.07) is 13.6. The van der Waals surface area contributed by atoms with E-state index in [-0.39, 0.29) is 17.8 Å². The summed E-state index contributed by atoms with van der Waals surface area (Å²) < 4.78 is 17.7. The number of aryl methyl sites for hydroxylation is 2. The number of unbranched alkanes of at least 4 members (excludes halogenated alkanes) is 2.